The lowest BCUT2D eigenvalue weighted by atomic mass is 9.96. The predicted molar refractivity (Wildman–Crippen MR) is 91.1 cm³/mol. The highest BCUT2D eigenvalue weighted by molar-refractivity contribution is 8.01. The molecule has 3 heterocycles. The fourth-order valence-corrected chi connectivity index (χ4v) is 4.91. The Hall–Kier alpha value is -2.80. The molecular weight excluding hydrogens is 360 g/mol. The van der Waals surface area contributed by atoms with Crippen LogP contribution < -0.4 is 10.9 Å². The summed E-state index contributed by atoms with van der Waals surface area (Å²) in [5.41, 5.74) is -0.459. The zero-order chi connectivity index (χ0) is 19.2. The zero-order valence-electron chi connectivity index (χ0n) is 14.0. The van der Waals surface area contributed by atoms with Gasteiger partial charge in [0.05, 0.1) is 0 Å². The Morgan fingerprint density at radius 1 is 1.38 bits per heavy atom. The number of aliphatic carboxylic acids is 1. The van der Waals surface area contributed by atoms with E-state index in [1.807, 2.05) is 6.07 Å². The SMILES string of the molecule is CC1(C)S[C@@H]2C(NC(=O)Cn3c(C#N)cccc3=O)C(=O)N2[C@H]1C(=O)O. The number of aromatic nitrogens is 1. The van der Waals surface area contributed by atoms with E-state index in [-0.39, 0.29) is 5.69 Å². The van der Waals surface area contributed by atoms with Crippen LogP contribution in [0.25, 0.3) is 0 Å². The van der Waals surface area contributed by atoms with Gasteiger partial charge in [-0.15, -0.1) is 11.8 Å². The lowest BCUT2D eigenvalue weighted by Crippen LogP contribution is -2.70. The molecule has 0 aliphatic carbocycles. The Balaban J connectivity index is 1.73. The summed E-state index contributed by atoms with van der Waals surface area (Å²) < 4.78 is 0.331. The van der Waals surface area contributed by atoms with Crippen molar-refractivity contribution in [1.29, 1.82) is 5.26 Å². The van der Waals surface area contributed by atoms with Gasteiger partial charge in [-0.05, 0) is 19.9 Å². The molecule has 136 valence electrons. The van der Waals surface area contributed by atoms with E-state index in [4.69, 9.17) is 5.26 Å². The first-order valence-electron chi connectivity index (χ1n) is 7.79. The summed E-state index contributed by atoms with van der Waals surface area (Å²) in [5, 5.41) is 20.5. The number of hydrogen-bond donors (Lipinski definition) is 2. The number of amides is 2. The molecule has 0 aromatic carbocycles. The number of carbonyl (C=O) groups excluding carboxylic acids is 2. The average Bonchev–Trinajstić information content (AvgIpc) is 2.82. The lowest BCUT2D eigenvalue weighted by molar-refractivity contribution is -0.161. The van der Waals surface area contributed by atoms with E-state index in [0.717, 1.165) is 4.57 Å². The molecule has 10 heteroatoms. The summed E-state index contributed by atoms with van der Waals surface area (Å²) in [6.07, 6.45) is 0. The third kappa shape index (κ3) is 2.74. The van der Waals surface area contributed by atoms with Gasteiger partial charge < -0.3 is 15.3 Å². The van der Waals surface area contributed by atoms with E-state index in [2.05, 4.69) is 5.32 Å². The molecule has 3 atom stereocenters. The van der Waals surface area contributed by atoms with Gasteiger partial charge in [-0.3, -0.25) is 19.0 Å². The van der Waals surface area contributed by atoms with Crippen molar-refractivity contribution in [1.82, 2.24) is 14.8 Å². The number of carbonyl (C=O) groups is 3. The van der Waals surface area contributed by atoms with Crippen molar-refractivity contribution in [3.05, 3.63) is 34.2 Å². The summed E-state index contributed by atoms with van der Waals surface area (Å²) in [4.78, 5) is 49.2. The van der Waals surface area contributed by atoms with E-state index < -0.39 is 52.1 Å². The Bertz CT molecular complexity index is 903. The van der Waals surface area contributed by atoms with Crippen LogP contribution in [0, 0.1) is 11.3 Å². The van der Waals surface area contributed by atoms with Gasteiger partial charge in [-0.1, -0.05) is 6.07 Å². The molecule has 9 nitrogen and oxygen atoms in total. The lowest BCUT2D eigenvalue weighted by Gasteiger charge is -2.43. The highest BCUT2D eigenvalue weighted by Gasteiger charge is 2.64. The number of thioether (sulfide) groups is 1. The van der Waals surface area contributed by atoms with E-state index in [0.29, 0.717) is 0 Å². The third-order valence-corrected chi connectivity index (χ3v) is 6.03. The Morgan fingerprint density at radius 2 is 2.08 bits per heavy atom. The minimum atomic E-state index is -1.09. The smallest absolute Gasteiger partial charge is 0.327 e. The fraction of sp³-hybridized carbons (Fsp3) is 0.438. The Morgan fingerprint density at radius 3 is 2.69 bits per heavy atom. The van der Waals surface area contributed by atoms with Crippen molar-refractivity contribution in [3.8, 4) is 6.07 Å². The molecule has 2 saturated heterocycles. The topological polar surface area (TPSA) is 132 Å². The van der Waals surface area contributed by atoms with Gasteiger partial charge in [0.25, 0.3) is 5.56 Å². The number of carboxylic acids is 1. The average molecular weight is 376 g/mol. The molecule has 0 spiro atoms. The zero-order valence-corrected chi connectivity index (χ0v) is 14.8. The van der Waals surface area contributed by atoms with E-state index in [1.165, 1.54) is 34.9 Å². The van der Waals surface area contributed by atoms with Crippen molar-refractivity contribution < 1.29 is 19.5 Å². The van der Waals surface area contributed by atoms with Crippen LogP contribution in [0.5, 0.6) is 0 Å². The molecule has 2 amide bonds. The molecule has 0 bridgehead atoms. The van der Waals surface area contributed by atoms with E-state index in [9.17, 15) is 24.3 Å². The minimum Gasteiger partial charge on any atom is -0.480 e. The van der Waals surface area contributed by atoms with Gasteiger partial charge in [0, 0.05) is 10.8 Å². The maximum absolute atomic E-state index is 12.3. The van der Waals surface area contributed by atoms with Gasteiger partial charge >= 0.3 is 5.97 Å². The molecule has 3 rings (SSSR count). The van der Waals surface area contributed by atoms with Crippen LogP contribution in [0.3, 0.4) is 0 Å². The summed E-state index contributed by atoms with van der Waals surface area (Å²) in [6, 6.07) is 4.10. The molecular formula is C16H16N4O5S. The monoisotopic (exact) mass is 376 g/mol. The number of hydrogen-bond acceptors (Lipinski definition) is 6. The number of nitrogens with zero attached hydrogens (tertiary/aromatic N) is 3. The van der Waals surface area contributed by atoms with Gasteiger partial charge in [0.2, 0.25) is 11.8 Å². The van der Waals surface area contributed by atoms with E-state index in [1.54, 1.807) is 13.8 Å². The second-order valence-corrected chi connectivity index (χ2v) is 8.36. The minimum absolute atomic E-state index is 0.0385. The van der Waals surface area contributed by atoms with Crippen LogP contribution >= 0.6 is 11.8 Å². The summed E-state index contributed by atoms with van der Waals surface area (Å²) in [6.45, 7) is 3.09. The fourth-order valence-electron chi connectivity index (χ4n) is 3.29. The van der Waals surface area contributed by atoms with Gasteiger partial charge in [-0.25, -0.2) is 4.79 Å². The first-order valence-corrected chi connectivity index (χ1v) is 8.67. The standard InChI is InChI=1S/C16H16N4O5S/c1-16(2)12(15(24)25)20-13(23)11(14(20)26-16)18-9(21)7-19-8(6-17)4-3-5-10(19)22/h3-5,11-12,14H,7H2,1-2H3,(H,18,21)(H,24,25)/t11?,12-,14+/m0/s1. The first-order chi connectivity index (χ1) is 12.2. The second-order valence-electron chi connectivity index (χ2n) is 6.59. The highest BCUT2D eigenvalue weighted by Crippen LogP contribution is 2.50. The van der Waals surface area contributed by atoms with Crippen molar-refractivity contribution in [2.75, 3.05) is 0 Å². The number of rotatable bonds is 4. The Labute approximate surface area is 152 Å². The number of nitrogens with one attached hydrogen (secondary N) is 1. The number of fused-ring (bicyclic) bond motifs is 1. The molecule has 26 heavy (non-hydrogen) atoms. The molecule has 0 saturated carbocycles. The molecule has 1 aromatic heterocycles. The van der Waals surface area contributed by atoms with Crippen molar-refractivity contribution in [2.24, 2.45) is 0 Å². The van der Waals surface area contributed by atoms with Crippen LogP contribution in [0.1, 0.15) is 19.5 Å². The van der Waals surface area contributed by atoms with Gasteiger partial charge in [0.15, 0.2) is 0 Å². The van der Waals surface area contributed by atoms with Crippen LogP contribution in [0.2, 0.25) is 0 Å². The number of nitriles is 1. The van der Waals surface area contributed by atoms with Crippen molar-refractivity contribution in [2.45, 2.75) is 42.6 Å². The molecule has 2 aliphatic heterocycles. The summed E-state index contributed by atoms with van der Waals surface area (Å²) in [5.74, 6) is -2.14. The quantitative estimate of drug-likeness (QED) is 0.667. The largest absolute Gasteiger partial charge is 0.480 e. The molecule has 2 N–H and O–H groups in total. The molecule has 1 unspecified atom stereocenters. The summed E-state index contributed by atoms with van der Waals surface area (Å²) >= 11 is 1.31. The Kier molecular flexibility index (Phi) is 4.28. The van der Waals surface area contributed by atoms with Crippen LogP contribution in [-0.4, -0.2) is 54.6 Å². The van der Waals surface area contributed by atoms with Crippen LogP contribution in [0.15, 0.2) is 23.0 Å². The predicted octanol–water partition coefficient (Wildman–Crippen LogP) is -0.648. The van der Waals surface area contributed by atoms with E-state index >= 15 is 0 Å². The van der Waals surface area contributed by atoms with Crippen molar-refractivity contribution in [3.63, 3.8) is 0 Å². The number of pyridine rings is 1. The third-order valence-electron chi connectivity index (χ3n) is 4.46. The van der Waals surface area contributed by atoms with Gasteiger partial charge in [-0.2, -0.15) is 5.26 Å². The molecule has 0 radical (unpaired) electrons. The first kappa shape index (κ1) is 18.0. The normalized spacial score (nSPS) is 25.8. The maximum Gasteiger partial charge on any atom is 0.327 e. The maximum atomic E-state index is 12.3. The highest BCUT2D eigenvalue weighted by atomic mass is 32.2. The number of carboxylic acid groups (broad SMARTS) is 1. The molecule has 2 aliphatic rings. The number of β-lactam (4-membered cyclic amide) rings is 1. The van der Waals surface area contributed by atoms with Crippen molar-refractivity contribution >= 4 is 29.5 Å². The van der Waals surface area contributed by atoms with Gasteiger partial charge in [0.1, 0.15) is 35.8 Å². The molecule has 1 aromatic rings. The summed E-state index contributed by atoms with van der Waals surface area (Å²) in [7, 11) is 0. The van der Waals surface area contributed by atoms with Crippen LogP contribution in [-0.2, 0) is 20.9 Å². The molecule has 2 fully saturated rings. The van der Waals surface area contributed by atoms with Crippen LogP contribution in [0.4, 0.5) is 0 Å². The second kappa shape index (κ2) is 6.17.